The van der Waals surface area contributed by atoms with Gasteiger partial charge in [0.15, 0.2) is 6.10 Å². The van der Waals surface area contributed by atoms with Crippen LogP contribution in [-0.2, 0) is 14.3 Å². The Morgan fingerprint density at radius 2 is 2.13 bits per heavy atom. The molecule has 1 atom stereocenters. The highest BCUT2D eigenvalue weighted by atomic mass is 16.5. The maximum absolute atomic E-state index is 10.8. The largest absolute Gasteiger partial charge is 0.479 e. The Bertz CT molecular complexity index is 242. The van der Waals surface area contributed by atoms with Crippen molar-refractivity contribution in [2.24, 2.45) is 0 Å². The van der Waals surface area contributed by atoms with Crippen molar-refractivity contribution in [1.29, 1.82) is 0 Å². The molecule has 0 rings (SSSR count). The first-order valence-corrected chi connectivity index (χ1v) is 4.62. The number of aliphatic carboxylic acids is 1. The minimum Gasteiger partial charge on any atom is -0.479 e. The van der Waals surface area contributed by atoms with Gasteiger partial charge in [-0.1, -0.05) is 6.08 Å². The molecule has 0 bridgehead atoms. The summed E-state index contributed by atoms with van der Waals surface area (Å²) in [5.74, 6) is -1.01. The summed E-state index contributed by atoms with van der Waals surface area (Å²) in [7, 11) is 0. The predicted molar refractivity (Wildman–Crippen MR) is 55.2 cm³/mol. The SMILES string of the molecule is CC(C)(C)OC(CC=CNC=O)C(=O)O. The topological polar surface area (TPSA) is 75.6 Å². The maximum atomic E-state index is 10.8. The number of nitrogens with one attached hydrogen (secondary N) is 1. The number of hydrogen-bond donors (Lipinski definition) is 2. The molecule has 86 valence electrons. The van der Waals surface area contributed by atoms with Crippen molar-refractivity contribution in [3.8, 4) is 0 Å². The molecular formula is C10H17NO4. The molecule has 15 heavy (non-hydrogen) atoms. The summed E-state index contributed by atoms with van der Waals surface area (Å²) in [5.41, 5.74) is -0.505. The van der Waals surface area contributed by atoms with Crippen LogP contribution in [0.2, 0.25) is 0 Å². The lowest BCUT2D eigenvalue weighted by Crippen LogP contribution is -2.32. The third-order valence-corrected chi connectivity index (χ3v) is 1.40. The molecule has 0 heterocycles. The van der Waals surface area contributed by atoms with Crippen molar-refractivity contribution in [3.63, 3.8) is 0 Å². The van der Waals surface area contributed by atoms with Gasteiger partial charge in [0, 0.05) is 6.42 Å². The normalized spacial score (nSPS) is 13.8. The fourth-order valence-electron chi connectivity index (χ4n) is 0.925. The molecule has 0 aliphatic rings. The first-order valence-electron chi connectivity index (χ1n) is 4.62. The average molecular weight is 215 g/mol. The standard InChI is InChI=1S/C10H17NO4/c1-10(2,3)15-8(9(13)14)5-4-6-11-7-12/h4,6-8H,5H2,1-3H3,(H,11,12)(H,13,14). The van der Waals surface area contributed by atoms with Gasteiger partial charge in [0.1, 0.15) is 0 Å². The van der Waals surface area contributed by atoms with E-state index >= 15 is 0 Å². The van der Waals surface area contributed by atoms with E-state index in [9.17, 15) is 9.59 Å². The monoisotopic (exact) mass is 215 g/mol. The number of rotatable bonds is 6. The van der Waals surface area contributed by atoms with Gasteiger partial charge in [-0.05, 0) is 27.0 Å². The van der Waals surface area contributed by atoms with Crippen molar-refractivity contribution < 1.29 is 19.4 Å². The Balaban J connectivity index is 4.17. The van der Waals surface area contributed by atoms with E-state index < -0.39 is 17.7 Å². The van der Waals surface area contributed by atoms with Gasteiger partial charge in [0.05, 0.1) is 5.60 Å². The van der Waals surface area contributed by atoms with Gasteiger partial charge in [0.25, 0.3) is 0 Å². The van der Waals surface area contributed by atoms with E-state index in [1.54, 1.807) is 26.8 Å². The zero-order valence-corrected chi connectivity index (χ0v) is 9.19. The Morgan fingerprint density at radius 1 is 1.53 bits per heavy atom. The first-order chi connectivity index (χ1) is 6.87. The number of amides is 1. The Kier molecular flexibility index (Phi) is 5.62. The molecule has 0 aromatic carbocycles. The zero-order chi connectivity index (χ0) is 11.9. The molecule has 2 N–H and O–H groups in total. The van der Waals surface area contributed by atoms with Gasteiger partial charge in [-0.15, -0.1) is 0 Å². The van der Waals surface area contributed by atoms with E-state index in [1.165, 1.54) is 6.20 Å². The van der Waals surface area contributed by atoms with Crippen LogP contribution < -0.4 is 5.32 Å². The number of ether oxygens (including phenoxy) is 1. The molecule has 5 nitrogen and oxygen atoms in total. The highest BCUT2D eigenvalue weighted by molar-refractivity contribution is 5.72. The van der Waals surface area contributed by atoms with Crippen LogP contribution in [0.5, 0.6) is 0 Å². The molecule has 0 aliphatic heterocycles. The van der Waals surface area contributed by atoms with Crippen LogP contribution in [0.3, 0.4) is 0 Å². The van der Waals surface area contributed by atoms with Crippen LogP contribution in [0, 0.1) is 0 Å². The number of carbonyl (C=O) groups excluding carboxylic acids is 1. The van der Waals surface area contributed by atoms with E-state index in [4.69, 9.17) is 9.84 Å². The van der Waals surface area contributed by atoms with Gasteiger partial charge >= 0.3 is 5.97 Å². The third kappa shape index (κ3) is 7.69. The summed E-state index contributed by atoms with van der Waals surface area (Å²) in [6.45, 7) is 5.36. The molecule has 0 aliphatic carbocycles. The van der Waals surface area contributed by atoms with E-state index in [-0.39, 0.29) is 6.42 Å². The third-order valence-electron chi connectivity index (χ3n) is 1.40. The van der Waals surface area contributed by atoms with E-state index in [1.807, 2.05) is 0 Å². The lowest BCUT2D eigenvalue weighted by atomic mass is 10.1. The molecular weight excluding hydrogens is 198 g/mol. The van der Waals surface area contributed by atoms with Crippen LogP contribution in [-0.4, -0.2) is 29.2 Å². The molecule has 0 spiro atoms. The van der Waals surface area contributed by atoms with Gasteiger partial charge in [-0.2, -0.15) is 0 Å². The van der Waals surface area contributed by atoms with Crippen LogP contribution in [0.4, 0.5) is 0 Å². The second-order valence-corrected chi connectivity index (χ2v) is 3.98. The number of carboxylic acid groups (broad SMARTS) is 1. The minimum atomic E-state index is -1.01. The van der Waals surface area contributed by atoms with Crippen molar-refractivity contribution in [2.75, 3.05) is 0 Å². The Labute approximate surface area is 89.1 Å². The molecule has 0 radical (unpaired) electrons. The van der Waals surface area contributed by atoms with Crippen molar-refractivity contribution >= 4 is 12.4 Å². The molecule has 0 saturated heterocycles. The van der Waals surface area contributed by atoms with Crippen LogP contribution in [0.25, 0.3) is 0 Å². The summed E-state index contributed by atoms with van der Waals surface area (Å²) in [4.78, 5) is 20.7. The minimum absolute atomic E-state index is 0.216. The van der Waals surface area contributed by atoms with Crippen molar-refractivity contribution in [2.45, 2.75) is 38.9 Å². The fourth-order valence-corrected chi connectivity index (χ4v) is 0.925. The molecule has 0 saturated carbocycles. The van der Waals surface area contributed by atoms with Crippen LogP contribution in [0.15, 0.2) is 12.3 Å². The average Bonchev–Trinajstić information content (AvgIpc) is 2.08. The molecule has 5 heteroatoms. The van der Waals surface area contributed by atoms with Gasteiger partial charge in [0.2, 0.25) is 6.41 Å². The summed E-state index contributed by atoms with van der Waals surface area (Å²) in [5, 5.41) is 11.1. The highest BCUT2D eigenvalue weighted by Crippen LogP contribution is 2.13. The van der Waals surface area contributed by atoms with Crippen molar-refractivity contribution in [1.82, 2.24) is 5.32 Å². The zero-order valence-electron chi connectivity index (χ0n) is 9.19. The molecule has 1 unspecified atom stereocenters. The second kappa shape index (κ2) is 6.19. The second-order valence-electron chi connectivity index (χ2n) is 3.98. The summed E-state index contributed by atoms with van der Waals surface area (Å²) >= 11 is 0. The summed E-state index contributed by atoms with van der Waals surface area (Å²) in [6.07, 6.45) is 2.76. The highest BCUT2D eigenvalue weighted by Gasteiger charge is 2.23. The molecule has 0 fully saturated rings. The van der Waals surface area contributed by atoms with Gasteiger partial charge in [-0.25, -0.2) is 4.79 Å². The first kappa shape index (κ1) is 13.6. The fraction of sp³-hybridized carbons (Fsp3) is 0.600. The quantitative estimate of drug-likeness (QED) is 0.645. The number of hydrogen-bond acceptors (Lipinski definition) is 3. The van der Waals surface area contributed by atoms with E-state index in [0.717, 1.165) is 0 Å². The van der Waals surface area contributed by atoms with E-state index in [2.05, 4.69) is 5.32 Å². The van der Waals surface area contributed by atoms with Crippen LogP contribution >= 0.6 is 0 Å². The molecule has 0 aromatic rings. The Hall–Kier alpha value is -1.36. The lowest BCUT2D eigenvalue weighted by Gasteiger charge is -2.24. The number of carbonyl (C=O) groups is 2. The van der Waals surface area contributed by atoms with Crippen molar-refractivity contribution in [3.05, 3.63) is 12.3 Å². The predicted octanol–water partition coefficient (Wildman–Crippen LogP) is 0.904. The van der Waals surface area contributed by atoms with Crippen LogP contribution in [0.1, 0.15) is 27.2 Å². The smallest absolute Gasteiger partial charge is 0.333 e. The molecule has 1 amide bonds. The van der Waals surface area contributed by atoms with Gasteiger partial charge < -0.3 is 15.2 Å². The lowest BCUT2D eigenvalue weighted by molar-refractivity contribution is -0.159. The maximum Gasteiger partial charge on any atom is 0.333 e. The number of carboxylic acids is 1. The van der Waals surface area contributed by atoms with Gasteiger partial charge in [-0.3, -0.25) is 4.79 Å². The van der Waals surface area contributed by atoms with E-state index in [0.29, 0.717) is 6.41 Å². The molecule has 0 aromatic heterocycles. The summed E-state index contributed by atoms with van der Waals surface area (Å²) < 4.78 is 5.31. The summed E-state index contributed by atoms with van der Waals surface area (Å²) in [6, 6.07) is 0. The Morgan fingerprint density at radius 3 is 2.53 bits per heavy atom.